The van der Waals surface area contributed by atoms with Gasteiger partial charge in [0.15, 0.2) is 0 Å². The van der Waals surface area contributed by atoms with E-state index in [1.165, 1.54) is 32.2 Å². The van der Waals surface area contributed by atoms with E-state index in [0.717, 1.165) is 18.5 Å². The van der Waals surface area contributed by atoms with E-state index in [1.807, 2.05) is 0 Å². The average Bonchev–Trinajstić information content (AvgIpc) is 2.97. The Morgan fingerprint density at radius 2 is 1.86 bits per heavy atom. The third kappa shape index (κ3) is 2.96. The first-order valence-electron chi connectivity index (χ1n) is 5.96. The van der Waals surface area contributed by atoms with Crippen molar-refractivity contribution in [2.24, 2.45) is 11.3 Å². The predicted molar refractivity (Wildman–Crippen MR) is 58.2 cm³/mol. The van der Waals surface area contributed by atoms with E-state index < -0.39 is 0 Å². The molecule has 2 nitrogen and oxygen atoms in total. The predicted octanol–water partition coefficient (Wildman–Crippen LogP) is 1.88. The molecule has 0 heterocycles. The van der Waals surface area contributed by atoms with Gasteiger partial charge in [-0.15, -0.1) is 0 Å². The Labute approximate surface area is 87.3 Å². The molecule has 0 amide bonds. The summed E-state index contributed by atoms with van der Waals surface area (Å²) in [6.45, 7) is 6.99. The molecule has 0 aromatic rings. The second-order valence-corrected chi connectivity index (χ2v) is 5.93. The van der Waals surface area contributed by atoms with Crippen molar-refractivity contribution in [2.45, 2.75) is 45.6 Å². The van der Waals surface area contributed by atoms with Crippen molar-refractivity contribution in [1.82, 2.24) is 4.90 Å². The molecule has 2 heteroatoms. The lowest BCUT2D eigenvalue weighted by atomic mass is 9.94. The molecule has 2 rings (SSSR count). The van der Waals surface area contributed by atoms with Gasteiger partial charge in [-0.1, -0.05) is 13.8 Å². The highest BCUT2D eigenvalue weighted by atomic mass is 16.3. The number of aliphatic hydroxyl groups is 1. The molecule has 2 aliphatic carbocycles. The number of nitrogens with zero attached hydrogens (tertiary/aromatic N) is 1. The Morgan fingerprint density at radius 1 is 1.21 bits per heavy atom. The van der Waals surface area contributed by atoms with Crippen LogP contribution in [0.3, 0.4) is 0 Å². The maximum absolute atomic E-state index is 9.27. The Hall–Kier alpha value is -0.0800. The molecular formula is C12H23NO. The van der Waals surface area contributed by atoms with Gasteiger partial charge in [-0.2, -0.15) is 0 Å². The minimum Gasteiger partial charge on any atom is -0.396 e. The summed E-state index contributed by atoms with van der Waals surface area (Å²) in [5.74, 6) is 0.977. The zero-order valence-electron chi connectivity index (χ0n) is 9.50. The molecule has 0 aromatic carbocycles. The Balaban J connectivity index is 1.82. The summed E-state index contributed by atoms with van der Waals surface area (Å²) in [5.41, 5.74) is 0.0808. The molecule has 2 saturated carbocycles. The monoisotopic (exact) mass is 197 g/mol. The van der Waals surface area contributed by atoms with Crippen LogP contribution in [0.15, 0.2) is 0 Å². The van der Waals surface area contributed by atoms with E-state index in [9.17, 15) is 5.11 Å². The third-order valence-corrected chi connectivity index (χ3v) is 3.31. The number of hydrogen-bond acceptors (Lipinski definition) is 2. The highest BCUT2D eigenvalue weighted by Gasteiger charge is 2.36. The molecule has 82 valence electrons. The van der Waals surface area contributed by atoms with Crippen LogP contribution in [-0.2, 0) is 0 Å². The van der Waals surface area contributed by atoms with Crippen molar-refractivity contribution in [1.29, 1.82) is 0 Å². The van der Waals surface area contributed by atoms with Crippen LogP contribution in [0.4, 0.5) is 0 Å². The maximum atomic E-state index is 9.27. The fourth-order valence-electron chi connectivity index (χ4n) is 2.01. The van der Waals surface area contributed by atoms with Crippen LogP contribution in [0.5, 0.6) is 0 Å². The summed E-state index contributed by atoms with van der Waals surface area (Å²) >= 11 is 0. The van der Waals surface area contributed by atoms with E-state index >= 15 is 0 Å². The molecule has 0 aromatic heterocycles. The van der Waals surface area contributed by atoms with E-state index in [4.69, 9.17) is 0 Å². The summed E-state index contributed by atoms with van der Waals surface area (Å²) in [7, 11) is 0. The summed E-state index contributed by atoms with van der Waals surface area (Å²) < 4.78 is 0. The summed E-state index contributed by atoms with van der Waals surface area (Å²) in [4.78, 5) is 2.62. The fraction of sp³-hybridized carbons (Fsp3) is 1.00. The summed E-state index contributed by atoms with van der Waals surface area (Å²) in [6.07, 6.45) is 5.63. The normalized spacial score (nSPS) is 23.1. The second kappa shape index (κ2) is 3.82. The molecule has 0 spiro atoms. The molecule has 0 atom stereocenters. The Bertz CT molecular complexity index is 194. The van der Waals surface area contributed by atoms with Gasteiger partial charge in [0, 0.05) is 31.2 Å². The topological polar surface area (TPSA) is 23.5 Å². The van der Waals surface area contributed by atoms with Crippen LogP contribution in [-0.4, -0.2) is 35.7 Å². The van der Waals surface area contributed by atoms with Gasteiger partial charge in [0.2, 0.25) is 0 Å². The largest absolute Gasteiger partial charge is 0.396 e. The highest BCUT2D eigenvalue weighted by Crippen LogP contribution is 2.36. The van der Waals surface area contributed by atoms with Crippen LogP contribution in [0.25, 0.3) is 0 Å². The van der Waals surface area contributed by atoms with Crippen LogP contribution in [0.1, 0.15) is 39.5 Å². The van der Waals surface area contributed by atoms with Crippen molar-refractivity contribution in [2.75, 3.05) is 19.7 Å². The molecular weight excluding hydrogens is 174 g/mol. The Morgan fingerprint density at radius 3 is 2.29 bits per heavy atom. The fourth-order valence-corrected chi connectivity index (χ4v) is 2.01. The quantitative estimate of drug-likeness (QED) is 0.703. The molecule has 0 aliphatic heterocycles. The molecule has 0 radical (unpaired) electrons. The van der Waals surface area contributed by atoms with Crippen LogP contribution >= 0.6 is 0 Å². The van der Waals surface area contributed by atoms with Gasteiger partial charge in [0.05, 0.1) is 0 Å². The van der Waals surface area contributed by atoms with Gasteiger partial charge in [-0.3, -0.25) is 4.90 Å². The molecule has 2 aliphatic rings. The molecule has 0 bridgehead atoms. The van der Waals surface area contributed by atoms with Gasteiger partial charge in [0.25, 0.3) is 0 Å². The van der Waals surface area contributed by atoms with Crippen LogP contribution in [0.2, 0.25) is 0 Å². The number of rotatable bonds is 6. The third-order valence-electron chi connectivity index (χ3n) is 3.31. The van der Waals surface area contributed by atoms with Gasteiger partial charge >= 0.3 is 0 Å². The molecule has 1 N–H and O–H groups in total. The second-order valence-electron chi connectivity index (χ2n) is 5.93. The lowest BCUT2D eigenvalue weighted by Gasteiger charge is -2.31. The van der Waals surface area contributed by atoms with Gasteiger partial charge < -0.3 is 5.11 Å². The Kier molecular flexibility index (Phi) is 2.85. The summed E-state index contributed by atoms with van der Waals surface area (Å²) in [5, 5.41) is 9.27. The van der Waals surface area contributed by atoms with E-state index in [-0.39, 0.29) is 5.41 Å². The molecule has 2 fully saturated rings. The minimum atomic E-state index is 0.0808. The van der Waals surface area contributed by atoms with Crippen LogP contribution in [0, 0.1) is 11.3 Å². The lowest BCUT2D eigenvalue weighted by Crippen LogP contribution is -2.39. The first-order valence-corrected chi connectivity index (χ1v) is 5.96. The highest BCUT2D eigenvalue weighted by molar-refractivity contribution is 4.90. The van der Waals surface area contributed by atoms with Crippen LogP contribution < -0.4 is 0 Å². The SMILES string of the molecule is CC(C)(CO)CN(CC1CC1)C1CC1. The van der Waals surface area contributed by atoms with Crippen molar-refractivity contribution < 1.29 is 5.11 Å². The standard InChI is InChI=1S/C12H23NO/c1-12(2,9-14)8-13(11-5-6-11)7-10-3-4-10/h10-11,14H,3-9H2,1-2H3. The number of hydrogen-bond donors (Lipinski definition) is 1. The van der Waals surface area contributed by atoms with Crippen molar-refractivity contribution in [3.8, 4) is 0 Å². The van der Waals surface area contributed by atoms with Crippen molar-refractivity contribution in [3.63, 3.8) is 0 Å². The van der Waals surface area contributed by atoms with E-state index in [0.29, 0.717) is 6.61 Å². The van der Waals surface area contributed by atoms with E-state index in [2.05, 4.69) is 18.7 Å². The average molecular weight is 197 g/mol. The lowest BCUT2D eigenvalue weighted by molar-refractivity contribution is 0.0960. The summed E-state index contributed by atoms with van der Waals surface area (Å²) in [6, 6.07) is 0.849. The minimum absolute atomic E-state index is 0.0808. The molecule has 0 unspecified atom stereocenters. The molecule has 0 saturated heterocycles. The van der Waals surface area contributed by atoms with Crippen molar-refractivity contribution >= 4 is 0 Å². The first-order chi connectivity index (χ1) is 6.61. The first kappa shape index (κ1) is 10.4. The number of aliphatic hydroxyl groups excluding tert-OH is 1. The van der Waals surface area contributed by atoms with Crippen molar-refractivity contribution in [3.05, 3.63) is 0 Å². The zero-order valence-corrected chi connectivity index (χ0v) is 9.50. The van der Waals surface area contributed by atoms with Gasteiger partial charge in [-0.05, 0) is 31.6 Å². The van der Waals surface area contributed by atoms with Gasteiger partial charge in [-0.25, -0.2) is 0 Å². The van der Waals surface area contributed by atoms with Gasteiger partial charge in [0.1, 0.15) is 0 Å². The van der Waals surface area contributed by atoms with E-state index in [1.54, 1.807) is 0 Å². The maximum Gasteiger partial charge on any atom is 0.0494 e. The smallest absolute Gasteiger partial charge is 0.0494 e. The molecule has 14 heavy (non-hydrogen) atoms. The zero-order chi connectivity index (χ0) is 10.2.